The molecule has 0 saturated carbocycles. The molecule has 0 heterocycles. The summed E-state index contributed by atoms with van der Waals surface area (Å²) < 4.78 is 5.19. The van der Waals surface area contributed by atoms with Gasteiger partial charge in [-0.25, -0.2) is 0 Å². The van der Waals surface area contributed by atoms with Gasteiger partial charge in [-0.15, -0.1) is 0 Å². The number of hydrogen-bond donors (Lipinski definition) is 2. The number of allylic oxidation sites excluding steroid dienone is 4. The first-order chi connectivity index (χ1) is 12.4. The third kappa shape index (κ3) is 23.4. The van der Waals surface area contributed by atoms with Gasteiger partial charge in [-0.3, -0.25) is 0 Å². The molecule has 0 aromatic rings. The molecule has 3 nitrogen and oxygen atoms in total. The Balaban J connectivity index is 3.10. The van der Waals surface area contributed by atoms with E-state index >= 15 is 0 Å². The summed E-state index contributed by atoms with van der Waals surface area (Å²) in [6, 6.07) is 0. The summed E-state index contributed by atoms with van der Waals surface area (Å²) in [6.07, 6.45) is 24.9. The molecule has 0 aliphatic heterocycles. The second-order valence-corrected chi connectivity index (χ2v) is 6.67. The van der Waals surface area contributed by atoms with Gasteiger partial charge in [0.15, 0.2) is 0 Å². The van der Waals surface area contributed by atoms with E-state index in [1.165, 1.54) is 70.6 Å². The topological polar surface area (TPSA) is 41.5 Å². The van der Waals surface area contributed by atoms with Crippen molar-refractivity contribution in [2.75, 3.05) is 32.9 Å². The minimum atomic E-state index is 0.117. The highest BCUT2D eigenvalue weighted by Gasteiger charge is 1.92. The van der Waals surface area contributed by atoms with Crippen molar-refractivity contribution < 1.29 is 9.84 Å². The highest BCUT2D eigenvalue weighted by molar-refractivity contribution is 4.92. The van der Waals surface area contributed by atoms with Gasteiger partial charge in [-0.05, 0) is 45.1 Å². The Bertz CT molecular complexity index is 290. The third-order valence-corrected chi connectivity index (χ3v) is 4.21. The fraction of sp³-hybridized carbons (Fsp3) is 0.818. The molecule has 0 spiro atoms. The van der Waals surface area contributed by atoms with Crippen molar-refractivity contribution in [1.82, 2.24) is 5.32 Å². The van der Waals surface area contributed by atoms with Crippen LogP contribution in [0.3, 0.4) is 0 Å². The lowest BCUT2D eigenvalue weighted by Gasteiger charge is -2.05. The van der Waals surface area contributed by atoms with Crippen LogP contribution in [0.15, 0.2) is 24.3 Å². The second kappa shape index (κ2) is 23.4. The summed E-state index contributed by atoms with van der Waals surface area (Å²) >= 11 is 0. The molecule has 0 unspecified atom stereocenters. The first-order valence-electron chi connectivity index (χ1n) is 10.6. The van der Waals surface area contributed by atoms with E-state index in [0.717, 1.165) is 19.5 Å². The van der Waals surface area contributed by atoms with E-state index in [1.54, 1.807) is 0 Å². The minimum absolute atomic E-state index is 0.117. The number of hydrogen-bond acceptors (Lipinski definition) is 3. The van der Waals surface area contributed by atoms with Gasteiger partial charge in [-0.2, -0.15) is 0 Å². The molecule has 0 radical (unpaired) electrons. The molecule has 25 heavy (non-hydrogen) atoms. The first-order valence-corrected chi connectivity index (χ1v) is 10.6. The molecule has 0 aliphatic rings. The van der Waals surface area contributed by atoms with Gasteiger partial charge in [0.25, 0.3) is 0 Å². The Morgan fingerprint density at radius 2 is 1.36 bits per heavy atom. The average Bonchev–Trinajstić information content (AvgIpc) is 2.63. The van der Waals surface area contributed by atoms with E-state index < -0.39 is 0 Å². The molecule has 0 atom stereocenters. The molecule has 0 bridgehead atoms. The zero-order valence-corrected chi connectivity index (χ0v) is 16.7. The molecule has 0 saturated heterocycles. The van der Waals surface area contributed by atoms with E-state index in [4.69, 9.17) is 9.84 Å². The van der Waals surface area contributed by atoms with Crippen molar-refractivity contribution in [1.29, 1.82) is 0 Å². The monoisotopic (exact) mass is 353 g/mol. The lowest BCUT2D eigenvalue weighted by atomic mass is 10.1. The average molecular weight is 354 g/mol. The molecular formula is C22H43NO2. The predicted molar refractivity (Wildman–Crippen MR) is 110 cm³/mol. The molecule has 0 aromatic heterocycles. The quantitative estimate of drug-likeness (QED) is 0.227. The van der Waals surface area contributed by atoms with Crippen molar-refractivity contribution in [3.8, 4) is 0 Å². The van der Waals surface area contributed by atoms with Gasteiger partial charge in [-0.1, -0.05) is 69.8 Å². The summed E-state index contributed by atoms with van der Waals surface area (Å²) in [7, 11) is 0. The van der Waals surface area contributed by atoms with Crippen LogP contribution in [0.4, 0.5) is 0 Å². The lowest BCUT2D eigenvalue weighted by Crippen LogP contribution is -2.21. The zero-order valence-electron chi connectivity index (χ0n) is 16.7. The molecule has 0 aromatic carbocycles. The molecule has 0 fully saturated rings. The summed E-state index contributed by atoms with van der Waals surface area (Å²) in [4.78, 5) is 0. The third-order valence-electron chi connectivity index (χ3n) is 4.21. The lowest BCUT2D eigenvalue weighted by molar-refractivity contribution is 0.0939. The summed E-state index contributed by atoms with van der Waals surface area (Å²) in [6.45, 7) is 5.49. The van der Waals surface area contributed by atoms with Crippen LogP contribution in [0.2, 0.25) is 0 Å². The Morgan fingerprint density at radius 1 is 0.720 bits per heavy atom. The van der Waals surface area contributed by atoms with Crippen LogP contribution in [0.1, 0.15) is 84.0 Å². The molecular weight excluding hydrogens is 310 g/mol. The highest BCUT2D eigenvalue weighted by Crippen LogP contribution is 2.07. The summed E-state index contributed by atoms with van der Waals surface area (Å²) in [5.41, 5.74) is 0. The number of nitrogens with one attached hydrogen (secondary N) is 1. The standard InChI is InChI=1S/C22H43NO2/c1-2-3-4-5-6-7-8-9-10-11-12-13-14-15-16-17-18-23-19-21-25-22-20-24/h6-7,9-10,23-24H,2-5,8,11-22H2,1H3/b7-6-,10-9-. The number of aliphatic hydroxyl groups is 1. The van der Waals surface area contributed by atoms with Gasteiger partial charge >= 0.3 is 0 Å². The second-order valence-electron chi connectivity index (χ2n) is 6.67. The van der Waals surface area contributed by atoms with Crippen LogP contribution in [-0.4, -0.2) is 38.0 Å². The molecule has 0 aliphatic carbocycles. The van der Waals surface area contributed by atoms with Crippen LogP contribution in [0, 0.1) is 0 Å². The molecule has 3 heteroatoms. The van der Waals surface area contributed by atoms with Crippen LogP contribution in [-0.2, 0) is 4.74 Å². The SMILES string of the molecule is CCCCC/C=C\C/C=C\CCCCCCCCNCCOCCO. The van der Waals surface area contributed by atoms with E-state index in [2.05, 4.69) is 36.5 Å². The van der Waals surface area contributed by atoms with E-state index in [-0.39, 0.29) is 6.61 Å². The predicted octanol–water partition coefficient (Wildman–Crippen LogP) is 5.40. The van der Waals surface area contributed by atoms with Crippen molar-refractivity contribution in [3.05, 3.63) is 24.3 Å². The molecule has 0 rings (SSSR count). The number of unbranched alkanes of at least 4 members (excludes halogenated alkanes) is 9. The number of aliphatic hydroxyl groups excluding tert-OH is 1. The van der Waals surface area contributed by atoms with E-state index in [9.17, 15) is 0 Å². The van der Waals surface area contributed by atoms with E-state index in [1.807, 2.05) is 0 Å². The van der Waals surface area contributed by atoms with Crippen molar-refractivity contribution in [3.63, 3.8) is 0 Å². The maximum Gasteiger partial charge on any atom is 0.0698 e. The zero-order chi connectivity index (χ0) is 18.3. The normalized spacial score (nSPS) is 11.9. The van der Waals surface area contributed by atoms with Gasteiger partial charge in [0, 0.05) is 6.54 Å². The Morgan fingerprint density at radius 3 is 2.04 bits per heavy atom. The van der Waals surface area contributed by atoms with Crippen molar-refractivity contribution in [2.45, 2.75) is 84.0 Å². The van der Waals surface area contributed by atoms with Gasteiger partial charge in [0.2, 0.25) is 0 Å². The van der Waals surface area contributed by atoms with Crippen LogP contribution in [0.25, 0.3) is 0 Å². The van der Waals surface area contributed by atoms with E-state index in [0.29, 0.717) is 13.2 Å². The largest absolute Gasteiger partial charge is 0.394 e. The molecule has 0 amide bonds. The Labute approximate surface area is 156 Å². The number of ether oxygens (including phenoxy) is 1. The maximum absolute atomic E-state index is 8.57. The highest BCUT2D eigenvalue weighted by atomic mass is 16.5. The van der Waals surface area contributed by atoms with Crippen LogP contribution in [0.5, 0.6) is 0 Å². The van der Waals surface area contributed by atoms with Gasteiger partial charge < -0.3 is 15.2 Å². The summed E-state index contributed by atoms with van der Waals surface area (Å²) in [5.74, 6) is 0. The van der Waals surface area contributed by atoms with Crippen LogP contribution >= 0.6 is 0 Å². The van der Waals surface area contributed by atoms with Crippen LogP contribution < -0.4 is 5.32 Å². The molecule has 2 N–H and O–H groups in total. The van der Waals surface area contributed by atoms with Gasteiger partial charge in [0.1, 0.15) is 0 Å². The minimum Gasteiger partial charge on any atom is -0.394 e. The number of rotatable bonds is 20. The maximum atomic E-state index is 8.57. The van der Waals surface area contributed by atoms with Crippen molar-refractivity contribution >= 4 is 0 Å². The Hall–Kier alpha value is -0.640. The molecule has 148 valence electrons. The summed E-state index contributed by atoms with van der Waals surface area (Å²) in [5, 5.41) is 11.9. The first kappa shape index (κ1) is 24.4. The fourth-order valence-corrected chi connectivity index (χ4v) is 2.67. The smallest absolute Gasteiger partial charge is 0.0698 e. The van der Waals surface area contributed by atoms with Gasteiger partial charge in [0.05, 0.1) is 19.8 Å². The van der Waals surface area contributed by atoms with Crippen molar-refractivity contribution in [2.24, 2.45) is 0 Å². The fourth-order valence-electron chi connectivity index (χ4n) is 2.67. The Kier molecular flexibility index (Phi) is 22.8.